The van der Waals surface area contributed by atoms with Crippen LogP contribution in [0.3, 0.4) is 0 Å². The van der Waals surface area contributed by atoms with Crippen molar-refractivity contribution in [2.45, 2.75) is 72.0 Å². The SMILES string of the molecule is C=C1[C@@]2(C)C[C@H]3[C@]4(C)CCC(=O)OC(C)(C)[C@H]4C=C[C@]3(C)[C@]1(C(=O)OC)C(=O)[C@@](C)(O)C2=O. The molecular formula is C26H34O7. The van der Waals surface area contributed by atoms with Gasteiger partial charge < -0.3 is 14.6 Å². The zero-order valence-corrected chi connectivity index (χ0v) is 20.5. The predicted octanol–water partition coefficient (Wildman–Crippen LogP) is 2.95. The highest BCUT2D eigenvalue weighted by Crippen LogP contribution is 2.74. The first-order chi connectivity index (χ1) is 15.0. The molecule has 180 valence electrons. The smallest absolute Gasteiger partial charge is 0.324 e. The Kier molecular flexibility index (Phi) is 4.65. The van der Waals surface area contributed by atoms with Gasteiger partial charge >= 0.3 is 11.9 Å². The van der Waals surface area contributed by atoms with Crippen LogP contribution >= 0.6 is 0 Å². The van der Waals surface area contributed by atoms with E-state index < -0.39 is 50.4 Å². The maximum Gasteiger partial charge on any atom is 0.324 e. The Labute approximate surface area is 194 Å². The molecule has 0 radical (unpaired) electrons. The number of Topliss-reactive ketones (excluding diaryl/α,β-unsaturated/α-hetero) is 2. The summed E-state index contributed by atoms with van der Waals surface area (Å²) in [5.74, 6) is -3.24. The number of allylic oxidation sites excluding steroid dienone is 1. The third-order valence-electron chi connectivity index (χ3n) is 9.62. The first-order valence-electron chi connectivity index (χ1n) is 11.5. The van der Waals surface area contributed by atoms with Gasteiger partial charge in [0.1, 0.15) is 5.60 Å². The van der Waals surface area contributed by atoms with Gasteiger partial charge in [-0.15, -0.1) is 0 Å². The van der Waals surface area contributed by atoms with Crippen molar-refractivity contribution in [3.63, 3.8) is 0 Å². The molecule has 1 aliphatic heterocycles. The number of methoxy groups -OCH3 is 1. The third-order valence-corrected chi connectivity index (χ3v) is 9.62. The van der Waals surface area contributed by atoms with Crippen molar-refractivity contribution < 1.29 is 33.8 Å². The molecule has 0 unspecified atom stereocenters. The van der Waals surface area contributed by atoms with Gasteiger partial charge in [-0.3, -0.25) is 19.2 Å². The monoisotopic (exact) mass is 458 g/mol. The van der Waals surface area contributed by atoms with Crippen LogP contribution < -0.4 is 0 Å². The molecule has 1 N–H and O–H groups in total. The Morgan fingerprint density at radius 1 is 1.12 bits per heavy atom. The number of carbonyl (C=O) groups excluding carboxylic acids is 4. The second kappa shape index (κ2) is 6.44. The number of fused-ring (bicyclic) bond motifs is 6. The van der Waals surface area contributed by atoms with E-state index in [1.165, 1.54) is 14.0 Å². The zero-order valence-electron chi connectivity index (χ0n) is 20.5. The highest BCUT2D eigenvalue weighted by atomic mass is 16.6. The molecule has 7 nitrogen and oxygen atoms in total. The van der Waals surface area contributed by atoms with Gasteiger partial charge in [-0.05, 0) is 57.4 Å². The maximum atomic E-state index is 14.0. The number of carbonyl (C=O) groups is 4. The van der Waals surface area contributed by atoms with E-state index in [1.807, 2.05) is 32.9 Å². The van der Waals surface area contributed by atoms with E-state index in [0.717, 1.165) is 0 Å². The van der Waals surface area contributed by atoms with E-state index in [1.54, 1.807) is 6.92 Å². The summed E-state index contributed by atoms with van der Waals surface area (Å²) in [6.45, 7) is 14.6. The topological polar surface area (TPSA) is 107 Å². The summed E-state index contributed by atoms with van der Waals surface area (Å²) < 4.78 is 11.0. The van der Waals surface area contributed by atoms with E-state index in [9.17, 15) is 24.3 Å². The summed E-state index contributed by atoms with van der Waals surface area (Å²) in [4.78, 5) is 53.6. The minimum absolute atomic E-state index is 0.175. The molecule has 7 heteroatoms. The molecule has 7 atom stereocenters. The molecule has 2 saturated carbocycles. The van der Waals surface area contributed by atoms with Gasteiger partial charge in [0, 0.05) is 17.8 Å². The van der Waals surface area contributed by atoms with Crippen molar-refractivity contribution in [3.8, 4) is 0 Å². The molecule has 0 aromatic heterocycles. The lowest BCUT2D eigenvalue weighted by molar-refractivity contribution is -0.200. The lowest BCUT2D eigenvalue weighted by Crippen LogP contribution is -2.76. The number of aliphatic hydroxyl groups is 1. The number of rotatable bonds is 1. The van der Waals surface area contributed by atoms with Gasteiger partial charge in [0.2, 0.25) is 0 Å². The summed E-state index contributed by atoms with van der Waals surface area (Å²) in [6.07, 6.45) is 4.73. The van der Waals surface area contributed by atoms with Gasteiger partial charge in [-0.2, -0.15) is 0 Å². The molecule has 3 fully saturated rings. The van der Waals surface area contributed by atoms with Crippen LogP contribution in [-0.4, -0.2) is 46.9 Å². The van der Waals surface area contributed by atoms with Crippen molar-refractivity contribution in [2.24, 2.45) is 33.5 Å². The van der Waals surface area contributed by atoms with Crippen LogP contribution in [0.4, 0.5) is 0 Å². The van der Waals surface area contributed by atoms with E-state index in [-0.39, 0.29) is 36.2 Å². The predicted molar refractivity (Wildman–Crippen MR) is 119 cm³/mol. The zero-order chi connectivity index (χ0) is 25.0. The molecule has 2 bridgehead atoms. The number of hydrogen-bond donors (Lipinski definition) is 1. The fraction of sp³-hybridized carbons (Fsp3) is 0.692. The Balaban J connectivity index is 2.09. The summed E-state index contributed by atoms with van der Waals surface area (Å²) in [6, 6.07) is 0. The van der Waals surface area contributed by atoms with Crippen molar-refractivity contribution in [1.82, 2.24) is 0 Å². The van der Waals surface area contributed by atoms with Crippen LogP contribution in [0.15, 0.2) is 24.3 Å². The first kappa shape index (κ1) is 23.9. The molecule has 1 saturated heterocycles. The normalized spacial score (nSPS) is 48.4. The standard InChI is InChI=1S/C26H34O7/c1-14-23(5)13-16-22(4)11-10-17(27)33-21(2,3)15(22)9-12-24(16,6)26(14,20(30)32-8)19(29)25(7,31)18(23)28/h9,12,15-16,31H,1,10-11,13H2,2-8H3/t15-,16+,22-,23-,24+,25+,26+/m1/s1. The third kappa shape index (κ3) is 2.44. The van der Waals surface area contributed by atoms with Gasteiger partial charge in [0.25, 0.3) is 0 Å². The largest absolute Gasteiger partial charge is 0.468 e. The lowest BCUT2D eigenvalue weighted by Gasteiger charge is -2.68. The quantitative estimate of drug-likeness (QED) is 0.366. The van der Waals surface area contributed by atoms with Crippen LogP contribution in [-0.2, 0) is 28.7 Å². The Morgan fingerprint density at radius 3 is 2.30 bits per heavy atom. The Morgan fingerprint density at radius 2 is 1.73 bits per heavy atom. The van der Waals surface area contributed by atoms with Gasteiger partial charge in [0.05, 0.1) is 12.5 Å². The number of ether oxygens (including phenoxy) is 2. The molecule has 4 aliphatic rings. The van der Waals surface area contributed by atoms with Crippen LogP contribution in [0.2, 0.25) is 0 Å². The number of esters is 2. The second-order valence-electron chi connectivity index (χ2n) is 11.7. The average Bonchev–Trinajstić information content (AvgIpc) is 2.81. The van der Waals surface area contributed by atoms with Crippen LogP contribution in [0, 0.1) is 33.5 Å². The molecule has 0 amide bonds. The van der Waals surface area contributed by atoms with Gasteiger partial charge in [-0.1, -0.05) is 32.6 Å². The number of ketones is 2. The first-order valence-corrected chi connectivity index (χ1v) is 11.5. The summed E-state index contributed by atoms with van der Waals surface area (Å²) >= 11 is 0. The van der Waals surface area contributed by atoms with E-state index >= 15 is 0 Å². The molecule has 33 heavy (non-hydrogen) atoms. The average molecular weight is 459 g/mol. The summed E-state index contributed by atoms with van der Waals surface area (Å²) in [7, 11) is 1.20. The number of cyclic esters (lactones) is 1. The Bertz CT molecular complexity index is 1030. The fourth-order valence-corrected chi connectivity index (χ4v) is 7.98. The van der Waals surface area contributed by atoms with E-state index in [2.05, 4.69) is 13.5 Å². The van der Waals surface area contributed by atoms with Gasteiger partial charge in [-0.25, -0.2) is 0 Å². The minimum atomic E-state index is -2.36. The molecular weight excluding hydrogens is 424 g/mol. The van der Waals surface area contributed by atoms with Crippen LogP contribution in [0.25, 0.3) is 0 Å². The van der Waals surface area contributed by atoms with Crippen molar-refractivity contribution in [2.75, 3.05) is 7.11 Å². The lowest BCUT2D eigenvalue weighted by atomic mass is 9.33. The molecule has 4 rings (SSSR count). The Hall–Kier alpha value is -2.28. The minimum Gasteiger partial charge on any atom is -0.468 e. The van der Waals surface area contributed by atoms with E-state index in [0.29, 0.717) is 6.42 Å². The van der Waals surface area contributed by atoms with Crippen molar-refractivity contribution in [1.29, 1.82) is 0 Å². The second-order valence-corrected chi connectivity index (χ2v) is 11.7. The number of hydrogen-bond acceptors (Lipinski definition) is 7. The highest BCUT2D eigenvalue weighted by Gasteiger charge is 2.80. The molecule has 0 aromatic rings. The van der Waals surface area contributed by atoms with Crippen LogP contribution in [0.5, 0.6) is 0 Å². The highest BCUT2D eigenvalue weighted by molar-refractivity contribution is 6.26. The summed E-state index contributed by atoms with van der Waals surface area (Å²) in [5, 5.41) is 11.1. The molecule has 0 spiro atoms. The van der Waals surface area contributed by atoms with E-state index in [4.69, 9.17) is 9.47 Å². The van der Waals surface area contributed by atoms with Crippen molar-refractivity contribution in [3.05, 3.63) is 24.3 Å². The molecule has 3 aliphatic carbocycles. The van der Waals surface area contributed by atoms with Gasteiger partial charge in [0.15, 0.2) is 22.6 Å². The molecule has 0 aromatic carbocycles. The van der Waals surface area contributed by atoms with Crippen LogP contribution in [0.1, 0.15) is 60.8 Å². The van der Waals surface area contributed by atoms with Crippen molar-refractivity contribution >= 4 is 23.5 Å². The fourth-order valence-electron chi connectivity index (χ4n) is 7.98. The summed E-state index contributed by atoms with van der Waals surface area (Å²) in [5.41, 5.74) is -7.97. The molecule has 1 heterocycles. The maximum absolute atomic E-state index is 14.0.